The minimum Gasteiger partial charge on any atom is -0.494 e. The van der Waals surface area contributed by atoms with Gasteiger partial charge in [-0.3, -0.25) is 4.99 Å². The van der Waals surface area contributed by atoms with E-state index in [1.54, 1.807) is 7.05 Å². The van der Waals surface area contributed by atoms with Crippen LogP contribution in [0, 0.1) is 0 Å². The largest absolute Gasteiger partial charge is 0.494 e. The third-order valence-electron chi connectivity index (χ3n) is 4.01. The first-order valence-corrected chi connectivity index (χ1v) is 9.66. The molecule has 0 amide bonds. The van der Waals surface area contributed by atoms with Crippen LogP contribution in [0.4, 0.5) is 0 Å². The normalized spacial score (nSPS) is 11.0. The van der Waals surface area contributed by atoms with Crippen molar-refractivity contribution in [2.24, 2.45) is 4.99 Å². The van der Waals surface area contributed by atoms with E-state index in [0.717, 1.165) is 42.5 Å². The maximum atomic E-state index is 5.79. The van der Waals surface area contributed by atoms with Gasteiger partial charge in [0.05, 0.1) is 6.61 Å². The van der Waals surface area contributed by atoms with Gasteiger partial charge in [-0.05, 0) is 50.3 Å². The highest BCUT2D eigenvalue weighted by atomic mass is 127. The summed E-state index contributed by atoms with van der Waals surface area (Å²) in [7, 11) is 5.85. The van der Waals surface area contributed by atoms with Crippen molar-refractivity contribution in [2.45, 2.75) is 13.0 Å². The molecule has 0 fully saturated rings. The molecule has 0 aromatic heterocycles. The topological polar surface area (TPSA) is 58.1 Å². The van der Waals surface area contributed by atoms with Crippen molar-refractivity contribution in [1.29, 1.82) is 0 Å². The average molecular weight is 512 g/mol. The fourth-order valence-electron chi connectivity index (χ4n) is 2.48. The van der Waals surface area contributed by atoms with E-state index in [9.17, 15) is 0 Å². The van der Waals surface area contributed by atoms with E-state index >= 15 is 0 Å². The molecule has 0 radical (unpaired) electrons. The van der Waals surface area contributed by atoms with Crippen LogP contribution in [0.5, 0.6) is 11.5 Å². The minimum atomic E-state index is 0. The van der Waals surface area contributed by atoms with E-state index in [0.29, 0.717) is 19.8 Å². The molecule has 0 bridgehead atoms. The van der Waals surface area contributed by atoms with Gasteiger partial charge in [-0.25, -0.2) is 0 Å². The number of aliphatic imine (C=N–C) groups is 1. The monoisotopic (exact) mass is 512 g/mol. The molecule has 0 spiro atoms. The fourth-order valence-corrected chi connectivity index (χ4v) is 2.48. The summed E-state index contributed by atoms with van der Waals surface area (Å²) in [5, 5.41) is 6.64. The lowest BCUT2D eigenvalue weighted by Crippen LogP contribution is -2.37. The molecule has 0 aliphatic rings. The molecule has 160 valence electrons. The number of rotatable bonds is 11. The van der Waals surface area contributed by atoms with Crippen molar-refractivity contribution < 1.29 is 9.47 Å². The van der Waals surface area contributed by atoms with Gasteiger partial charge in [0.15, 0.2) is 5.96 Å². The lowest BCUT2D eigenvalue weighted by molar-refractivity contribution is 0.261. The molecular formula is C22H33IN4O2. The summed E-state index contributed by atoms with van der Waals surface area (Å²) in [5.41, 5.74) is 1.15. The standard InChI is InChI=1S/C22H32N4O2.HI/c1-23-22(24-13-8-15-27-20-10-5-4-6-11-20)25-18-19-9-7-12-21(17-19)28-16-14-26(2)3;/h4-7,9-12,17H,8,13-16,18H2,1-3H3,(H2,23,24,25);1H. The zero-order valence-corrected chi connectivity index (χ0v) is 19.9. The molecule has 2 aromatic carbocycles. The summed E-state index contributed by atoms with van der Waals surface area (Å²) >= 11 is 0. The number of para-hydroxylation sites is 1. The van der Waals surface area contributed by atoms with E-state index in [4.69, 9.17) is 9.47 Å². The highest BCUT2D eigenvalue weighted by molar-refractivity contribution is 14.0. The highest BCUT2D eigenvalue weighted by Crippen LogP contribution is 2.13. The van der Waals surface area contributed by atoms with Crippen LogP contribution >= 0.6 is 24.0 Å². The third kappa shape index (κ3) is 10.9. The first-order valence-electron chi connectivity index (χ1n) is 9.66. The summed E-state index contributed by atoms with van der Waals surface area (Å²) in [5.74, 6) is 2.57. The predicted molar refractivity (Wildman–Crippen MR) is 131 cm³/mol. The van der Waals surface area contributed by atoms with Gasteiger partial charge in [0, 0.05) is 26.7 Å². The molecule has 0 aliphatic carbocycles. The molecule has 0 saturated carbocycles. The van der Waals surface area contributed by atoms with Gasteiger partial charge >= 0.3 is 0 Å². The van der Waals surface area contributed by atoms with E-state index < -0.39 is 0 Å². The Bertz CT molecular complexity index is 711. The second-order valence-electron chi connectivity index (χ2n) is 6.67. The molecule has 7 heteroatoms. The van der Waals surface area contributed by atoms with Crippen LogP contribution in [0.2, 0.25) is 0 Å². The molecule has 2 N–H and O–H groups in total. The van der Waals surface area contributed by atoms with Crippen LogP contribution in [0.3, 0.4) is 0 Å². The highest BCUT2D eigenvalue weighted by Gasteiger charge is 2.01. The Morgan fingerprint density at radius 1 is 0.931 bits per heavy atom. The number of ether oxygens (including phenoxy) is 2. The van der Waals surface area contributed by atoms with E-state index in [1.165, 1.54) is 0 Å². The second-order valence-corrected chi connectivity index (χ2v) is 6.67. The molecule has 2 aromatic rings. The van der Waals surface area contributed by atoms with Crippen LogP contribution in [0.1, 0.15) is 12.0 Å². The number of nitrogens with one attached hydrogen (secondary N) is 2. The molecule has 29 heavy (non-hydrogen) atoms. The number of hydrogen-bond acceptors (Lipinski definition) is 4. The van der Waals surface area contributed by atoms with Gasteiger partial charge < -0.3 is 25.0 Å². The Morgan fingerprint density at radius 3 is 2.38 bits per heavy atom. The summed E-state index contributed by atoms with van der Waals surface area (Å²) in [6.45, 7) is 3.72. The lowest BCUT2D eigenvalue weighted by Gasteiger charge is -2.14. The zero-order chi connectivity index (χ0) is 20.0. The first kappa shape index (κ1) is 25.0. The van der Waals surface area contributed by atoms with Crippen molar-refractivity contribution in [3.8, 4) is 11.5 Å². The quantitative estimate of drug-likeness (QED) is 0.209. The van der Waals surface area contributed by atoms with Gasteiger partial charge in [-0.1, -0.05) is 30.3 Å². The number of halogens is 1. The smallest absolute Gasteiger partial charge is 0.191 e. The Kier molecular flexibility index (Phi) is 12.9. The van der Waals surface area contributed by atoms with Gasteiger partial charge in [0.1, 0.15) is 18.1 Å². The van der Waals surface area contributed by atoms with Crippen LogP contribution in [0.15, 0.2) is 59.6 Å². The molecule has 0 heterocycles. The maximum Gasteiger partial charge on any atom is 0.191 e. The van der Waals surface area contributed by atoms with E-state index in [2.05, 4.69) is 32.7 Å². The van der Waals surface area contributed by atoms with Crippen LogP contribution in [-0.2, 0) is 6.54 Å². The first-order chi connectivity index (χ1) is 13.7. The number of benzene rings is 2. The number of guanidine groups is 1. The Labute approximate surface area is 191 Å². The summed E-state index contributed by atoms with van der Waals surface area (Å²) in [6, 6.07) is 18.0. The van der Waals surface area contributed by atoms with Gasteiger partial charge in [-0.15, -0.1) is 24.0 Å². The SMILES string of the molecule is CN=C(NCCCOc1ccccc1)NCc1cccc(OCCN(C)C)c1.I. The molecule has 6 nitrogen and oxygen atoms in total. The molecule has 2 rings (SSSR count). The fraction of sp³-hybridized carbons (Fsp3) is 0.409. The van der Waals surface area contributed by atoms with E-state index in [-0.39, 0.29) is 24.0 Å². The summed E-state index contributed by atoms with van der Waals surface area (Å²) in [6.07, 6.45) is 0.894. The molecule has 0 atom stereocenters. The predicted octanol–water partition coefficient (Wildman–Crippen LogP) is 3.38. The van der Waals surface area contributed by atoms with Crippen LogP contribution in [0.25, 0.3) is 0 Å². The number of nitrogens with zero attached hydrogens (tertiary/aromatic N) is 2. The minimum absolute atomic E-state index is 0. The maximum absolute atomic E-state index is 5.79. The van der Waals surface area contributed by atoms with Gasteiger partial charge in [0.2, 0.25) is 0 Å². The summed E-state index contributed by atoms with van der Waals surface area (Å²) in [4.78, 5) is 6.37. The molecule has 0 aliphatic heterocycles. The van der Waals surface area contributed by atoms with Crippen molar-refractivity contribution in [3.63, 3.8) is 0 Å². The Balaban J connectivity index is 0.00000420. The van der Waals surface area contributed by atoms with Crippen molar-refractivity contribution >= 4 is 29.9 Å². The van der Waals surface area contributed by atoms with Crippen molar-refractivity contribution in [3.05, 3.63) is 60.2 Å². The third-order valence-corrected chi connectivity index (χ3v) is 4.01. The van der Waals surface area contributed by atoms with Gasteiger partial charge in [-0.2, -0.15) is 0 Å². The zero-order valence-electron chi connectivity index (χ0n) is 17.6. The molecule has 0 saturated heterocycles. The Morgan fingerprint density at radius 2 is 1.66 bits per heavy atom. The van der Waals surface area contributed by atoms with Crippen molar-refractivity contribution in [1.82, 2.24) is 15.5 Å². The van der Waals surface area contributed by atoms with Gasteiger partial charge in [0.25, 0.3) is 0 Å². The molecular weight excluding hydrogens is 479 g/mol. The van der Waals surface area contributed by atoms with Crippen molar-refractivity contribution in [2.75, 3.05) is 47.4 Å². The number of hydrogen-bond donors (Lipinski definition) is 2. The lowest BCUT2D eigenvalue weighted by atomic mass is 10.2. The molecule has 0 unspecified atom stereocenters. The van der Waals surface area contributed by atoms with Crippen LogP contribution in [-0.4, -0.2) is 58.3 Å². The van der Waals surface area contributed by atoms with E-state index in [1.807, 2.05) is 56.6 Å². The second kappa shape index (κ2) is 14.9. The number of likely N-dealkylation sites (N-methyl/N-ethyl adjacent to an activating group) is 1. The Hall–Kier alpha value is -2.00. The van der Waals surface area contributed by atoms with Crippen LogP contribution < -0.4 is 20.1 Å². The summed E-state index contributed by atoms with van der Waals surface area (Å²) < 4.78 is 11.5. The average Bonchev–Trinajstić information content (AvgIpc) is 2.71.